The number of amides is 2. The van der Waals surface area contributed by atoms with Crippen LogP contribution in [0, 0.1) is 5.92 Å². The fourth-order valence-electron chi connectivity index (χ4n) is 2.51. The normalized spacial score (nSPS) is 16.1. The van der Waals surface area contributed by atoms with Gasteiger partial charge in [-0.1, -0.05) is 17.7 Å². The quantitative estimate of drug-likeness (QED) is 0.831. The fraction of sp³-hybridized carbons (Fsp3) is 0.429. The maximum absolute atomic E-state index is 12.4. The zero-order valence-electron chi connectivity index (χ0n) is 11.1. The second-order valence-electron chi connectivity index (χ2n) is 5.11. The number of benzene rings is 1. The van der Waals surface area contributed by atoms with E-state index >= 15 is 0 Å². The molecular formula is C14H18ClN3O2. The van der Waals surface area contributed by atoms with Crippen LogP contribution in [-0.4, -0.2) is 29.8 Å². The van der Waals surface area contributed by atoms with E-state index in [1.165, 1.54) is 0 Å². The molecule has 0 radical (unpaired) electrons. The SMILES string of the molecule is NC(=O)CC1CCN(C(=O)c2cccc(N)c2Cl)CC1. The zero-order valence-corrected chi connectivity index (χ0v) is 11.9. The van der Waals surface area contributed by atoms with Gasteiger partial charge >= 0.3 is 0 Å². The Bertz CT molecular complexity index is 525. The fourth-order valence-corrected chi connectivity index (χ4v) is 2.72. The van der Waals surface area contributed by atoms with Gasteiger partial charge in [0, 0.05) is 19.5 Å². The maximum atomic E-state index is 12.4. The lowest BCUT2D eigenvalue weighted by molar-refractivity contribution is -0.119. The van der Waals surface area contributed by atoms with Crippen LogP contribution >= 0.6 is 11.6 Å². The van der Waals surface area contributed by atoms with E-state index in [9.17, 15) is 9.59 Å². The standard InChI is InChI=1S/C14H18ClN3O2/c15-13-10(2-1-3-11(13)16)14(20)18-6-4-9(5-7-18)8-12(17)19/h1-3,9H,4-8,16H2,(H2,17,19). The number of nitrogen functional groups attached to an aromatic ring is 1. The summed E-state index contributed by atoms with van der Waals surface area (Å²) in [6.07, 6.45) is 1.96. The number of nitrogens with two attached hydrogens (primary N) is 2. The van der Waals surface area contributed by atoms with Crippen LogP contribution in [0.1, 0.15) is 29.6 Å². The molecule has 0 bridgehead atoms. The van der Waals surface area contributed by atoms with Crippen LogP contribution in [0.5, 0.6) is 0 Å². The number of piperidine rings is 1. The number of anilines is 1. The first-order valence-electron chi connectivity index (χ1n) is 6.60. The van der Waals surface area contributed by atoms with E-state index < -0.39 is 0 Å². The monoisotopic (exact) mass is 295 g/mol. The number of rotatable bonds is 3. The highest BCUT2D eigenvalue weighted by molar-refractivity contribution is 6.36. The Morgan fingerprint density at radius 1 is 1.30 bits per heavy atom. The molecule has 2 amide bonds. The highest BCUT2D eigenvalue weighted by atomic mass is 35.5. The topological polar surface area (TPSA) is 89.4 Å². The van der Waals surface area contributed by atoms with Gasteiger partial charge in [-0.3, -0.25) is 9.59 Å². The van der Waals surface area contributed by atoms with E-state index in [1.807, 2.05) is 0 Å². The minimum Gasteiger partial charge on any atom is -0.398 e. The highest BCUT2D eigenvalue weighted by Crippen LogP contribution is 2.27. The average molecular weight is 296 g/mol. The summed E-state index contributed by atoms with van der Waals surface area (Å²) in [6, 6.07) is 5.06. The van der Waals surface area contributed by atoms with Crippen molar-refractivity contribution in [2.45, 2.75) is 19.3 Å². The molecule has 20 heavy (non-hydrogen) atoms. The van der Waals surface area contributed by atoms with Crippen molar-refractivity contribution >= 4 is 29.1 Å². The van der Waals surface area contributed by atoms with Crippen molar-refractivity contribution in [3.8, 4) is 0 Å². The Labute approximate surface area is 122 Å². The first-order chi connectivity index (χ1) is 9.49. The molecule has 1 aromatic rings. The van der Waals surface area contributed by atoms with Crippen molar-refractivity contribution in [2.24, 2.45) is 11.7 Å². The van der Waals surface area contributed by atoms with Gasteiger partial charge < -0.3 is 16.4 Å². The molecule has 1 heterocycles. The number of carbonyl (C=O) groups excluding carboxylic acids is 2. The van der Waals surface area contributed by atoms with Gasteiger partial charge in [-0.05, 0) is 30.9 Å². The maximum Gasteiger partial charge on any atom is 0.255 e. The predicted molar refractivity (Wildman–Crippen MR) is 78.3 cm³/mol. The minimum atomic E-state index is -0.284. The smallest absolute Gasteiger partial charge is 0.255 e. The van der Waals surface area contributed by atoms with Crippen LogP contribution in [0.15, 0.2) is 18.2 Å². The number of hydrogen-bond donors (Lipinski definition) is 2. The van der Waals surface area contributed by atoms with Crippen LogP contribution in [-0.2, 0) is 4.79 Å². The second kappa shape index (κ2) is 6.13. The Hall–Kier alpha value is -1.75. The van der Waals surface area contributed by atoms with E-state index in [1.54, 1.807) is 23.1 Å². The number of carbonyl (C=O) groups is 2. The average Bonchev–Trinajstić information content (AvgIpc) is 2.41. The molecule has 0 saturated carbocycles. The summed E-state index contributed by atoms with van der Waals surface area (Å²) in [5.74, 6) is -0.124. The first kappa shape index (κ1) is 14.7. The Balaban J connectivity index is 2.02. The largest absolute Gasteiger partial charge is 0.398 e. The van der Waals surface area contributed by atoms with Gasteiger partial charge in [0.25, 0.3) is 5.91 Å². The van der Waals surface area contributed by atoms with Gasteiger partial charge in [-0.15, -0.1) is 0 Å². The van der Waals surface area contributed by atoms with Crippen molar-refractivity contribution in [3.63, 3.8) is 0 Å². The molecule has 5 nitrogen and oxygen atoms in total. The zero-order chi connectivity index (χ0) is 14.7. The summed E-state index contributed by atoms with van der Waals surface area (Å²) in [5.41, 5.74) is 11.7. The van der Waals surface area contributed by atoms with Crippen LogP contribution in [0.25, 0.3) is 0 Å². The summed E-state index contributed by atoms with van der Waals surface area (Å²) >= 11 is 6.07. The predicted octanol–water partition coefficient (Wildman–Crippen LogP) is 1.65. The summed E-state index contributed by atoms with van der Waals surface area (Å²) in [5, 5.41) is 0.303. The number of likely N-dealkylation sites (tertiary alicyclic amines) is 1. The van der Waals surface area contributed by atoms with E-state index in [-0.39, 0.29) is 17.7 Å². The minimum absolute atomic E-state index is 0.111. The van der Waals surface area contributed by atoms with Gasteiger partial charge in [0.05, 0.1) is 16.3 Å². The summed E-state index contributed by atoms with van der Waals surface area (Å²) in [4.78, 5) is 25.0. The van der Waals surface area contributed by atoms with Crippen LogP contribution in [0.2, 0.25) is 5.02 Å². The summed E-state index contributed by atoms with van der Waals surface area (Å²) < 4.78 is 0. The lowest BCUT2D eigenvalue weighted by atomic mass is 9.93. The molecule has 1 fully saturated rings. The van der Waals surface area contributed by atoms with Gasteiger partial charge in [0.15, 0.2) is 0 Å². The lowest BCUT2D eigenvalue weighted by Gasteiger charge is -2.31. The number of primary amides is 1. The third kappa shape index (κ3) is 3.22. The molecule has 4 N–H and O–H groups in total. The van der Waals surface area contributed by atoms with Crippen LogP contribution < -0.4 is 11.5 Å². The lowest BCUT2D eigenvalue weighted by Crippen LogP contribution is -2.39. The van der Waals surface area contributed by atoms with E-state index in [4.69, 9.17) is 23.1 Å². The molecule has 1 aliphatic rings. The van der Waals surface area contributed by atoms with Crippen molar-refractivity contribution < 1.29 is 9.59 Å². The Morgan fingerprint density at radius 3 is 2.55 bits per heavy atom. The van der Waals surface area contributed by atoms with Gasteiger partial charge in [0.2, 0.25) is 5.91 Å². The van der Waals surface area contributed by atoms with Gasteiger partial charge in [0.1, 0.15) is 0 Å². The second-order valence-corrected chi connectivity index (χ2v) is 5.49. The van der Waals surface area contributed by atoms with Gasteiger partial charge in [-0.2, -0.15) is 0 Å². The Morgan fingerprint density at radius 2 is 1.95 bits per heavy atom. The highest BCUT2D eigenvalue weighted by Gasteiger charge is 2.25. The van der Waals surface area contributed by atoms with E-state index in [0.29, 0.717) is 35.8 Å². The molecule has 0 aromatic heterocycles. The summed E-state index contributed by atoms with van der Waals surface area (Å²) in [7, 11) is 0. The van der Waals surface area contributed by atoms with Crippen LogP contribution in [0.4, 0.5) is 5.69 Å². The van der Waals surface area contributed by atoms with Crippen molar-refractivity contribution in [1.29, 1.82) is 0 Å². The molecule has 0 spiro atoms. The molecular weight excluding hydrogens is 278 g/mol. The van der Waals surface area contributed by atoms with Crippen molar-refractivity contribution in [3.05, 3.63) is 28.8 Å². The number of nitrogens with zero attached hydrogens (tertiary/aromatic N) is 1. The molecule has 1 aliphatic heterocycles. The molecule has 1 saturated heterocycles. The third-order valence-electron chi connectivity index (χ3n) is 3.65. The molecule has 0 unspecified atom stereocenters. The molecule has 0 atom stereocenters. The third-order valence-corrected chi connectivity index (χ3v) is 4.07. The van der Waals surface area contributed by atoms with Gasteiger partial charge in [-0.25, -0.2) is 0 Å². The number of halogens is 1. The number of hydrogen-bond acceptors (Lipinski definition) is 3. The molecule has 6 heteroatoms. The van der Waals surface area contributed by atoms with E-state index in [0.717, 1.165) is 12.8 Å². The van der Waals surface area contributed by atoms with Crippen molar-refractivity contribution in [2.75, 3.05) is 18.8 Å². The Kier molecular flexibility index (Phi) is 4.49. The first-order valence-corrected chi connectivity index (χ1v) is 6.98. The summed E-state index contributed by atoms with van der Waals surface area (Å²) in [6.45, 7) is 1.23. The molecule has 2 rings (SSSR count). The van der Waals surface area contributed by atoms with E-state index in [2.05, 4.69) is 0 Å². The van der Waals surface area contributed by atoms with Crippen LogP contribution in [0.3, 0.4) is 0 Å². The molecule has 0 aliphatic carbocycles. The van der Waals surface area contributed by atoms with Crippen molar-refractivity contribution in [1.82, 2.24) is 4.90 Å². The molecule has 108 valence electrons. The molecule has 1 aromatic carbocycles.